The molecular weight excluding hydrogens is 178 g/mol. The van der Waals surface area contributed by atoms with Gasteiger partial charge in [-0.05, 0) is 24.7 Å². The van der Waals surface area contributed by atoms with Crippen LogP contribution in [0.4, 0.5) is 0 Å². The molecule has 0 unspecified atom stereocenters. The van der Waals surface area contributed by atoms with Gasteiger partial charge in [0.25, 0.3) is 0 Å². The maximum atomic E-state index is 9.03. The molecule has 1 aliphatic carbocycles. The highest BCUT2D eigenvalue weighted by Crippen LogP contribution is 2.50. The van der Waals surface area contributed by atoms with Crippen molar-refractivity contribution >= 4 is 0 Å². The van der Waals surface area contributed by atoms with Crippen LogP contribution in [0.2, 0.25) is 0 Å². The summed E-state index contributed by atoms with van der Waals surface area (Å²) in [7, 11) is 0. The van der Waals surface area contributed by atoms with Crippen molar-refractivity contribution in [3.05, 3.63) is 12.2 Å². The van der Waals surface area contributed by atoms with Gasteiger partial charge < -0.3 is 9.67 Å². The number of hydrogen-bond acceptors (Lipinski definition) is 3. The van der Waals surface area contributed by atoms with E-state index in [4.69, 9.17) is 5.11 Å². The van der Waals surface area contributed by atoms with Gasteiger partial charge in [-0.25, -0.2) is 0 Å². The van der Waals surface area contributed by atoms with Crippen molar-refractivity contribution in [1.29, 1.82) is 0 Å². The van der Waals surface area contributed by atoms with Crippen molar-refractivity contribution in [1.82, 2.24) is 14.8 Å². The fraction of sp³-hybridized carbons (Fsp3) is 0.800. The Hall–Kier alpha value is -0.900. The van der Waals surface area contributed by atoms with Gasteiger partial charge in [-0.3, -0.25) is 0 Å². The van der Waals surface area contributed by atoms with Crippen molar-refractivity contribution < 1.29 is 5.11 Å². The third kappa shape index (κ3) is 1.80. The van der Waals surface area contributed by atoms with Gasteiger partial charge in [0.05, 0.1) is 0 Å². The molecule has 0 aromatic carbocycles. The van der Waals surface area contributed by atoms with Crippen molar-refractivity contribution in [3.63, 3.8) is 0 Å². The summed E-state index contributed by atoms with van der Waals surface area (Å²) in [5.41, 5.74) is 0.487. The van der Waals surface area contributed by atoms with Gasteiger partial charge in [-0.1, -0.05) is 13.3 Å². The van der Waals surface area contributed by atoms with E-state index in [0.717, 1.165) is 6.54 Å². The van der Waals surface area contributed by atoms with Crippen LogP contribution in [0.1, 0.15) is 38.4 Å². The highest BCUT2D eigenvalue weighted by Gasteiger charge is 2.41. The van der Waals surface area contributed by atoms with Crippen LogP contribution in [0.15, 0.2) is 6.33 Å². The minimum atomic E-state index is -0.0117. The maximum absolute atomic E-state index is 9.03. The van der Waals surface area contributed by atoms with E-state index >= 15 is 0 Å². The molecule has 0 spiro atoms. The molecule has 0 saturated heterocycles. The van der Waals surface area contributed by atoms with Crippen LogP contribution < -0.4 is 0 Å². The van der Waals surface area contributed by atoms with Crippen molar-refractivity contribution in [2.24, 2.45) is 5.41 Å². The molecule has 4 nitrogen and oxygen atoms in total. The summed E-state index contributed by atoms with van der Waals surface area (Å²) in [4.78, 5) is 0. The van der Waals surface area contributed by atoms with E-state index in [2.05, 4.69) is 17.1 Å². The average molecular weight is 195 g/mol. The lowest BCUT2D eigenvalue weighted by Gasteiger charge is -2.15. The Morgan fingerprint density at radius 1 is 1.57 bits per heavy atom. The Kier molecular flexibility index (Phi) is 2.54. The first-order valence-electron chi connectivity index (χ1n) is 5.27. The van der Waals surface area contributed by atoms with Crippen LogP contribution in [-0.4, -0.2) is 19.9 Å². The Labute approximate surface area is 84.0 Å². The Morgan fingerprint density at radius 2 is 2.36 bits per heavy atom. The number of aliphatic hydroxyl groups excluding tert-OH is 1. The van der Waals surface area contributed by atoms with Crippen molar-refractivity contribution in [3.8, 4) is 0 Å². The van der Waals surface area contributed by atoms with Gasteiger partial charge in [-0.2, -0.15) is 0 Å². The zero-order valence-corrected chi connectivity index (χ0v) is 8.61. The second-order valence-electron chi connectivity index (χ2n) is 4.28. The lowest BCUT2D eigenvalue weighted by Crippen LogP contribution is -2.13. The summed E-state index contributed by atoms with van der Waals surface area (Å²) in [5.74, 6) is 0.687. The molecule has 1 N–H and O–H groups in total. The molecule has 78 valence electrons. The van der Waals surface area contributed by atoms with Gasteiger partial charge in [0.15, 0.2) is 5.82 Å². The van der Waals surface area contributed by atoms with E-state index in [9.17, 15) is 0 Å². The molecule has 0 atom stereocenters. The number of hydrogen-bond donors (Lipinski definition) is 1. The van der Waals surface area contributed by atoms with Crippen LogP contribution in [0, 0.1) is 5.41 Å². The third-order valence-electron chi connectivity index (χ3n) is 3.08. The first-order valence-corrected chi connectivity index (χ1v) is 5.27. The number of nitrogens with zero attached hydrogens (tertiary/aromatic N) is 3. The highest BCUT2D eigenvalue weighted by atomic mass is 16.3. The molecule has 1 heterocycles. The largest absolute Gasteiger partial charge is 0.388 e. The van der Waals surface area contributed by atoms with E-state index < -0.39 is 0 Å². The first kappa shape index (κ1) is 9.65. The third-order valence-corrected chi connectivity index (χ3v) is 3.08. The Morgan fingerprint density at radius 3 is 2.93 bits per heavy atom. The molecule has 0 bridgehead atoms. The van der Waals surface area contributed by atoms with E-state index in [1.54, 1.807) is 6.33 Å². The van der Waals surface area contributed by atoms with Crippen LogP contribution in [-0.2, 0) is 13.2 Å². The van der Waals surface area contributed by atoms with Gasteiger partial charge in [0.2, 0.25) is 0 Å². The standard InChI is InChI=1S/C10H17N3O/c1-2-3-10(4-5-10)7-13-8-11-12-9(13)6-14/h8,14H,2-7H2,1H3. The molecule has 1 aromatic heterocycles. The van der Waals surface area contributed by atoms with Crippen molar-refractivity contribution in [2.45, 2.75) is 45.8 Å². The highest BCUT2D eigenvalue weighted by molar-refractivity contribution is 4.95. The Balaban J connectivity index is 2.03. The second kappa shape index (κ2) is 3.69. The summed E-state index contributed by atoms with van der Waals surface area (Å²) >= 11 is 0. The summed E-state index contributed by atoms with van der Waals surface area (Å²) < 4.78 is 1.99. The van der Waals surface area contributed by atoms with E-state index in [0.29, 0.717) is 11.2 Å². The van der Waals surface area contributed by atoms with Gasteiger partial charge in [0.1, 0.15) is 12.9 Å². The van der Waals surface area contributed by atoms with E-state index in [1.807, 2.05) is 4.57 Å². The number of aliphatic hydroxyl groups is 1. The molecule has 0 amide bonds. The SMILES string of the molecule is CCCC1(Cn2cnnc2CO)CC1. The normalized spacial score (nSPS) is 18.4. The molecule has 2 rings (SSSR count). The fourth-order valence-corrected chi connectivity index (χ4v) is 2.09. The number of aromatic nitrogens is 3. The molecule has 1 fully saturated rings. The summed E-state index contributed by atoms with van der Waals surface area (Å²) in [6, 6.07) is 0. The lowest BCUT2D eigenvalue weighted by molar-refractivity contribution is 0.258. The Bertz CT molecular complexity index is 304. The molecule has 1 aromatic rings. The van der Waals surface area contributed by atoms with Crippen molar-refractivity contribution in [2.75, 3.05) is 0 Å². The fourth-order valence-electron chi connectivity index (χ4n) is 2.09. The van der Waals surface area contributed by atoms with Crippen LogP contribution in [0.3, 0.4) is 0 Å². The molecule has 0 radical (unpaired) electrons. The summed E-state index contributed by atoms with van der Waals surface area (Å²) in [6.07, 6.45) is 6.85. The zero-order chi connectivity index (χ0) is 10.0. The minimum absolute atomic E-state index is 0.0117. The topological polar surface area (TPSA) is 50.9 Å². The van der Waals surface area contributed by atoms with Gasteiger partial charge in [0, 0.05) is 6.54 Å². The molecule has 0 aliphatic heterocycles. The predicted octanol–water partition coefficient (Wildman–Crippen LogP) is 1.35. The lowest BCUT2D eigenvalue weighted by atomic mass is 10.0. The smallest absolute Gasteiger partial charge is 0.158 e. The first-order chi connectivity index (χ1) is 6.79. The monoisotopic (exact) mass is 195 g/mol. The predicted molar refractivity (Wildman–Crippen MR) is 52.5 cm³/mol. The molecule has 1 saturated carbocycles. The maximum Gasteiger partial charge on any atom is 0.158 e. The van der Waals surface area contributed by atoms with Crippen LogP contribution in [0.5, 0.6) is 0 Å². The quantitative estimate of drug-likeness (QED) is 0.771. The van der Waals surface area contributed by atoms with Crippen LogP contribution in [0.25, 0.3) is 0 Å². The zero-order valence-electron chi connectivity index (χ0n) is 8.61. The summed E-state index contributed by atoms with van der Waals surface area (Å²) in [6.45, 7) is 3.19. The molecule has 4 heteroatoms. The van der Waals surface area contributed by atoms with Gasteiger partial charge >= 0.3 is 0 Å². The average Bonchev–Trinajstić information content (AvgIpc) is 2.79. The van der Waals surface area contributed by atoms with E-state index in [-0.39, 0.29) is 6.61 Å². The van der Waals surface area contributed by atoms with Crippen LogP contribution >= 0.6 is 0 Å². The van der Waals surface area contributed by atoms with E-state index in [1.165, 1.54) is 25.7 Å². The second-order valence-corrected chi connectivity index (χ2v) is 4.28. The molecular formula is C10H17N3O. The van der Waals surface area contributed by atoms with Gasteiger partial charge in [-0.15, -0.1) is 10.2 Å². The number of rotatable bonds is 5. The molecule has 14 heavy (non-hydrogen) atoms. The minimum Gasteiger partial charge on any atom is -0.388 e. The molecule has 1 aliphatic rings. The summed E-state index contributed by atoms with van der Waals surface area (Å²) in [5, 5.41) is 16.7.